The van der Waals surface area contributed by atoms with Gasteiger partial charge in [0.05, 0.1) is 16.3 Å². The molecule has 0 unspecified atom stereocenters. The molecule has 0 atom stereocenters. The van der Waals surface area contributed by atoms with Crippen LogP contribution in [0.5, 0.6) is 0 Å². The average molecular weight is 338 g/mol. The number of pyridine rings is 1. The molecule has 0 saturated heterocycles. The minimum absolute atomic E-state index is 0.275. The first kappa shape index (κ1) is 15.6. The molecule has 1 N–H and O–H groups in total. The van der Waals surface area contributed by atoms with Crippen LogP contribution in [-0.2, 0) is 12.6 Å². The highest BCUT2D eigenvalue weighted by Crippen LogP contribution is 2.31. The van der Waals surface area contributed by atoms with Gasteiger partial charge in [-0.05, 0) is 36.3 Å². The summed E-state index contributed by atoms with van der Waals surface area (Å²) in [6.45, 7) is 0. The number of fused-ring (bicyclic) bond motifs is 1. The van der Waals surface area contributed by atoms with Crippen LogP contribution in [0.1, 0.15) is 11.1 Å². The zero-order chi connectivity index (χ0) is 16.4. The van der Waals surface area contributed by atoms with Crippen LogP contribution in [0, 0.1) is 0 Å². The molecular weight excluding hydrogens is 327 g/mol. The van der Waals surface area contributed by atoms with Gasteiger partial charge >= 0.3 is 6.18 Å². The summed E-state index contributed by atoms with van der Waals surface area (Å²) < 4.78 is 37.6. The molecular formula is C16H11ClF3N3. The number of halogens is 4. The molecule has 7 heteroatoms. The molecule has 1 aromatic heterocycles. The Bertz CT molecular complexity index is 780. The number of aliphatic imine (C=N–C) groups is 1. The predicted molar refractivity (Wildman–Crippen MR) is 84.3 cm³/mol. The molecule has 2 aromatic rings. The van der Waals surface area contributed by atoms with E-state index >= 15 is 0 Å². The van der Waals surface area contributed by atoms with Gasteiger partial charge in [0.2, 0.25) is 0 Å². The maximum Gasteiger partial charge on any atom is 0.417 e. The molecule has 0 spiro atoms. The molecule has 0 saturated carbocycles. The lowest BCUT2D eigenvalue weighted by atomic mass is 10.1. The minimum Gasteiger partial charge on any atom is -0.325 e. The largest absolute Gasteiger partial charge is 0.417 e. The third kappa shape index (κ3) is 3.53. The fourth-order valence-electron chi connectivity index (χ4n) is 2.14. The van der Waals surface area contributed by atoms with Crippen LogP contribution in [-0.4, -0.2) is 10.8 Å². The minimum atomic E-state index is -4.41. The highest BCUT2D eigenvalue weighted by atomic mass is 35.5. The zero-order valence-electron chi connectivity index (χ0n) is 11.7. The first-order valence-corrected chi connectivity index (χ1v) is 7.14. The lowest BCUT2D eigenvalue weighted by molar-refractivity contribution is -0.137. The molecule has 118 valence electrons. The van der Waals surface area contributed by atoms with Crippen molar-refractivity contribution in [2.24, 2.45) is 4.99 Å². The number of nitrogens with zero attached hydrogens (tertiary/aromatic N) is 2. The van der Waals surface area contributed by atoms with Crippen LogP contribution in [0.4, 0.5) is 24.7 Å². The highest BCUT2D eigenvalue weighted by molar-refractivity contribution is 6.33. The van der Waals surface area contributed by atoms with E-state index in [0.29, 0.717) is 23.0 Å². The van der Waals surface area contributed by atoms with Gasteiger partial charge in [0.1, 0.15) is 11.7 Å². The summed E-state index contributed by atoms with van der Waals surface area (Å²) in [5, 5.41) is 3.41. The number of benzene rings is 1. The smallest absolute Gasteiger partial charge is 0.325 e. The van der Waals surface area contributed by atoms with Crippen LogP contribution in [0.15, 0.2) is 53.7 Å². The highest BCUT2D eigenvalue weighted by Gasteiger charge is 2.30. The molecule has 2 heterocycles. The fourth-order valence-corrected chi connectivity index (χ4v) is 2.38. The molecule has 1 aliphatic heterocycles. The van der Waals surface area contributed by atoms with Gasteiger partial charge in [-0.15, -0.1) is 0 Å². The molecule has 0 fully saturated rings. The van der Waals surface area contributed by atoms with Crippen molar-refractivity contribution in [3.63, 3.8) is 0 Å². The van der Waals surface area contributed by atoms with Crippen LogP contribution >= 0.6 is 11.6 Å². The second-order valence-electron chi connectivity index (χ2n) is 4.91. The van der Waals surface area contributed by atoms with Crippen molar-refractivity contribution in [1.82, 2.24) is 4.98 Å². The van der Waals surface area contributed by atoms with Crippen LogP contribution < -0.4 is 5.32 Å². The maximum absolute atomic E-state index is 12.5. The molecule has 0 bridgehead atoms. The van der Waals surface area contributed by atoms with E-state index in [1.807, 2.05) is 18.2 Å². The van der Waals surface area contributed by atoms with Crippen LogP contribution in [0.25, 0.3) is 0 Å². The summed E-state index contributed by atoms with van der Waals surface area (Å²) in [4.78, 5) is 8.20. The first-order valence-electron chi connectivity index (χ1n) is 6.76. The summed E-state index contributed by atoms with van der Waals surface area (Å²) in [5.74, 6) is 0.737. The number of allylic oxidation sites excluding steroid dienone is 1. The number of hydrogen-bond acceptors (Lipinski definition) is 3. The molecule has 1 aliphatic rings. The number of aromatic nitrogens is 1. The number of hydrogen-bond donors (Lipinski definition) is 1. The van der Waals surface area contributed by atoms with E-state index in [0.717, 1.165) is 17.8 Å². The average Bonchev–Trinajstić information content (AvgIpc) is 2.70. The van der Waals surface area contributed by atoms with Crippen molar-refractivity contribution in [1.29, 1.82) is 0 Å². The Hall–Kier alpha value is -2.34. The number of para-hydroxylation sites is 1. The van der Waals surface area contributed by atoms with Gasteiger partial charge < -0.3 is 5.32 Å². The van der Waals surface area contributed by atoms with Crippen molar-refractivity contribution in [2.75, 3.05) is 5.32 Å². The molecule has 0 aliphatic carbocycles. The van der Waals surface area contributed by atoms with E-state index in [1.165, 1.54) is 6.07 Å². The Morgan fingerprint density at radius 1 is 1.13 bits per heavy atom. The second kappa shape index (κ2) is 6.04. The monoisotopic (exact) mass is 337 g/mol. The van der Waals surface area contributed by atoms with Gasteiger partial charge in [-0.3, -0.25) is 0 Å². The predicted octanol–water partition coefficient (Wildman–Crippen LogP) is 5.01. The van der Waals surface area contributed by atoms with E-state index in [-0.39, 0.29) is 5.82 Å². The number of anilines is 1. The lowest BCUT2D eigenvalue weighted by Crippen LogP contribution is -2.11. The summed E-state index contributed by atoms with van der Waals surface area (Å²) in [7, 11) is 0. The Morgan fingerprint density at radius 2 is 1.96 bits per heavy atom. The van der Waals surface area contributed by atoms with Crippen molar-refractivity contribution >= 4 is 28.9 Å². The van der Waals surface area contributed by atoms with E-state index in [2.05, 4.69) is 15.3 Å². The van der Waals surface area contributed by atoms with Crippen molar-refractivity contribution in [3.05, 3.63) is 64.8 Å². The number of rotatable bonds is 1. The Labute approximate surface area is 135 Å². The van der Waals surface area contributed by atoms with Gasteiger partial charge in [-0.1, -0.05) is 29.8 Å². The van der Waals surface area contributed by atoms with Crippen LogP contribution in [0.2, 0.25) is 5.02 Å². The molecule has 3 rings (SSSR count). The van der Waals surface area contributed by atoms with Gasteiger partial charge in [0.25, 0.3) is 0 Å². The second-order valence-corrected chi connectivity index (χ2v) is 5.31. The quantitative estimate of drug-likeness (QED) is 0.794. The third-order valence-electron chi connectivity index (χ3n) is 3.26. The van der Waals surface area contributed by atoms with Crippen molar-refractivity contribution in [2.45, 2.75) is 12.6 Å². The van der Waals surface area contributed by atoms with Crippen LogP contribution in [0.3, 0.4) is 0 Å². The number of amidine groups is 1. The van der Waals surface area contributed by atoms with E-state index in [1.54, 1.807) is 12.1 Å². The third-order valence-corrected chi connectivity index (χ3v) is 3.57. The number of nitrogens with one attached hydrogen (secondary N) is 1. The molecule has 23 heavy (non-hydrogen) atoms. The molecule has 3 nitrogen and oxygen atoms in total. The van der Waals surface area contributed by atoms with Gasteiger partial charge in [-0.25, -0.2) is 9.98 Å². The number of alkyl halides is 3. The summed E-state index contributed by atoms with van der Waals surface area (Å²) in [6, 6.07) is 7.74. The van der Waals surface area contributed by atoms with Crippen molar-refractivity contribution < 1.29 is 13.2 Å². The zero-order valence-corrected chi connectivity index (χ0v) is 12.5. The molecule has 0 amide bonds. The molecule has 1 aromatic carbocycles. The maximum atomic E-state index is 12.5. The van der Waals surface area contributed by atoms with Gasteiger partial charge in [0.15, 0.2) is 0 Å². The fraction of sp³-hybridized carbons (Fsp3) is 0.125. The Morgan fingerprint density at radius 3 is 2.65 bits per heavy atom. The van der Waals surface area contributed by atoms with E-state index < -0.39 is 11.7 Å². The summed E-state index contributed by atoms with van der Waals surface area (Å²) in [5.41, 5.74) is 0.828. The normalized spacial score (nSPS) is 14.0. The lowest BCUT2D eigenvalue weighted by Gasteiger charge is -2.09. The van der Waals surface area contributed by atoms with E-state index in [9.17, 15) is 13.2 Å². The van der Waals surface area contributed by atoms with E-state index in [4.69, 9.17) is 11.6 Å². The SMILES string of the molecule is FC(F)(F)c1ccc(NC2=Nc3c(Cl)cccc3CC=C2)nc1. The first-order chi connectivity index (χ1) is 10.9. The molecule has 0 radical (unpaired) electrons. The topological polar surface area (TPSA) is 37.3 Å². The Kier molecular flexibility index (Phi) is 4.09. The Balaban J connectivity index is 1.86. The van der Waals surface area contributed by atoms with Crippen molar-refractivity contribution in [3.8, 4) is 0 Å². The summed E-state index contributed by atoms with van der Waals surface area (Å²) >= 11 is 6.15. The standard InChI is InChI=1S/C16H11ClF3N3/c17-12-5-1-3-10-4-2-6-14(23-15(10)12)22-13-8-7-11(9-21-13)16(18,19)20/h1-3,5-9H,4H2,(H,21,22,23). The summed E-state index contributed by atoms with van der Waals surface area (Å²) in [6.07, 6.45) is 0.695. The van der Waals surface area contributed by atoms with Gasteiger partial charge in [0, 0.05) is 6.20 Å². The van der Waals surface area contributed by atoms with Gasteiger partial charge in [-0.2, -0.15) is 13.2 Å².